The van der Waals surface area contributed by atoms with E-state index in [2.05, 4.69) is 22.9 Å². The fourth-order valence-corrected chi connectivity index (χ4v) is 0.768. The van der Waals surface area contributed by atoms with E-state index in [1.165, 1.54) is 12.8 Å². The fourth-order valence-electron chi connectivity index (χ4n) is 0.607. The van der Waals surface area contributed by atoms with Crippen LogP contribution >= 0.6 is 15.9 Å². The van der Waals surface area contributed by atoms with Crippen molar-refractivity contribution in [3.05, 3.63) is 0 Å². The predicted molar refractivity (Wildman–Crippen MR) is 44.3 cm³/mol. The number of carbonyl (C=O) groups is 1. The van der Waals surface area contributed by atoms with E-state index >= 15 is 0 Å². The molecule has 0 spiro atoms. The van der Waals surface area contributed by atoms with Gasteiger partial charge in [0.05, 0.1) is 0 Å². The highest BCUT2D eigenvalue weighted by molar-refractivity contribution is 9.18. The lowest BCUT2D eigenvalue weighted by Crippen LogP contribution is -2.02. The summed E-state index contributed by atoms with van der Waals surface area (Å²) in [4.78, 5) is 10.3. The van der Waals surface area contributed by atoms with E-state index in [1.54, 1.807) is 0 Å². The van der Waals surface area contributed by atoms with Crippen molar-refractivity contribution < 1.29 is 9.53 Å². The molecular weight excluding hydrogens is 196 g/mol. The van der Waals surface area contributed by atoms with Crippen molar-refractivity contribution in [3.8, 4) is 0 Å². The van der Waals surface area contributed by atoms with Crippen LogP contribution in [0.15, 0.2) is 0 Å². The van der Waals surface area contributed by atoms with Gasteiger partial charge in [-0.1, -0.05) is 19.8 Å². The Balaban J connectivity index is 2.84. The van der Waals surface area contributed by atoms with E-state index in [-0.39, 0.29) is 11.3 Å². The molecule has 60 valence electrons. The molecule has 10 heavy (non-hydrogen) atoms. The standard InChI is InChI=1S/C7H13BrO2/c1-2-3-4-5-10-6-7(8)9/h2-6H2,1H3. The predicted octanol–water partition coefficient (Wildman–Crippen LogP) is 2.11. The summed E-state index contributed by atoms with van der Waals surface area (Å²) < 4.78 is 4.92. The van der Waals surface area contributed by atoms with Crippen molar-refractivity contribution in [1.82, 2.24) is 0 Å². The van der Waals surface area contributed by atoms with Crippen LogP contribution in [0.1, 0.15) is 26.2 Å². The summed E-state index contributed by atoms with van der Waals surface area (Å²) in [6.07, 6.45) is 3.42. The van der Waals surface area contributed by atoms with Gasteiger partial charge in [0.15, 0.2) is 0 Å². The maximum absolute atomic E-state index is 10.3. The van der Waals surface area contributed by atoms with Gasteiger partial charge in [-0.25, -0.2) is 0 Å². The van der Waals surface area contributed by atoms with Crippen LogP contribution < -0.4 is 0 Å². The highest BCUT2D eigenvalue weighted by atomic mass is 79.9. The molecule has 0 aliphatic carbocycles. The molecule has 0 bridgehead atoms. The van der Waals surface area contributed by atoms with E-state index in [1.807, 2.05) is 0 Å². The Bertz CT molecular complexity index is 93.6. The highest BCUT2D eigenvalue weighted by Crippen LogP contribution is 1.94. The molecule has 0 radical (unpaired) electrons. The van der Waals surface area contributed by atoms with E-state index < -0.39 is 0 Å². The lowest BCUT2D eigenvalue weighted by Gasteiger charge is -1.98. The second-order valence-electron chi connectivity index (χ2n) is 2.11. The number of carbonyl (C=O) groups excluding carboxylic acids is 1. The third kappa shape index (κ3) is 8.11. The summed E-state index contributed by atoms with van der Waals surface area (Å²) in [7, 11) is 0. The Morgan fingerprint density at radius 2 is 2.20 bits per heavy atom. The van der Waals surface area contributed by atoms with E-state index in [0.717, 1.165) is 6.42 Å². The number of halogens is 1. The number of rotatable bonds is 6. The molecule has 3 heteroatoms. The molecule has 0 aromatic rings. The van der Waals surface area contributed by atoms with E-state index in [9.17, 15) is 4.79 Å². The Labute approximate surface area is 70.1 Å². The molecule has 0 amide bonds. The normalized spacial score (nSPS) is 9.80. The van der Waals surface area contributed by atoms with Gasteiger partial charge in [-0.05, 0) is 22.4 Å². The van der Waals surface area contributed by atoms with Crippen LogP contribution in [-0.4, -0.2) is 17.9 Å². The van der Waals surface area contributed by atoms with Gasteiger partial charge in [0.1, 0.15) is 6.61 Å². The Kier molecular flexibility index (Phi) is 7.30. The van der Waals surface area contributed by atoms with Crippen molar-refractivity contribution in [2.75, 3.05) is 13.2 Å². The first-order chi connectivity index (χ1) is 4.77. The Hall–Kier alpha value is 0.110. The number of hydrogen-bond acceptors (Lipinski definition) is 2. The molecule has 0 aliphatic rings. The summed E-state index contributed by atoms with van der Waals surface area (Å²) in [5, 5.41) is 0. The van der Waals surface area contributed by atoms with Crippen LogP contribution in [0.4, 0.5) is 0 Å². The molecule has 2 nitrogen and oxygen atoms in total. The molecule has 0 rings (SSSR count). The van der Waals surface area contributed by atoms with Crippen molar-refractivity contribution in [3.63, 3.8) is 0 Å². The third-order valence-electron chi connectivity index (χ3n) is 1.11. The molecule has 0 heterocycles. The van der Waals surface area contributed by atoms with Gasteiger partial charge in [-0.2, -0.15) is 0 Å². The number of ether oxygens (including phenoxy) is 1. The second kappa shape index (κ2) is 7.22. The minimum Gasteiger partial charge on any atom is -0.373 e. The fraction of sp³-hybridized carbons (Fsp3) is 0.857. The maximum Gasteiger partial charge on any atom is 0.223 e. The average Bonchev–Trinajstić information content (AvgIpc) is 1.87. The number of hydrogen-bond donors (Lipinski definition) is 0. The highest BCUT2D eigenvalue weighted by Gasteiger charge is 1.93. The lowest BCUT2D eigenvalue weighted by molar-refractivity contribution is -0.114. The molecule has 0 saturated heterocycles. The second-order valence-corrected chi connectivity index (χ2v) is 3.00. The lowest BCUT2D eigenvalue weighted by atomic mass is 10.3. The SMILES string of the molecule is CCCCCOCC(=O)Br. The minimum absolute atomic E-state index is 0.0796. The molecule has 0 fully saturated rings. The van der Waals surface area contributed by atoms with Crippen LogP contribution in [-0.2, 0) is 9.53 Å². The van der Waals surface area contributed by atoms with Gasteiger partial charge in [-0.3, -0.25) is 4.79 Å². The van der Waals surface area contributed by atoms with Crippen LogP contribution in [0, 0.1) is 0 Å². The smallest absolute Gasteiger partial charge is 0.223 e. The largest absolute Gasteiger partial charge is 0.373 e. The molecule has 0 aliphatic heterocycles. The summed E-state index contributed by atoms with van der Waals surface area (Å²) in [5.41, 5.74) is 0. The van der Waals surface area contributed by atoms with Crippen LogP contribution in [0.25, 0.3) is 0 Å². The van der Waals surface area contributed by atoms with Crippen molar-refractivity contribution in [2.24, 2.45) is 0 Å². The Morgan fingerprint density at radius 1 is 1.50 bits per heavy atom. The van der Waals surface area contributed by atoms with Gasteiger partial charge in [0, 0.05) is 6.61 Å². The minimum atomic E-state index is -0.0796. The van der Waals surface area contributed by atoms with Gasteiger partial charge in [0.2, 0.25) is 4.69 Å². The van der Waals surface area contributed by atoms with Gasteiger partial charge >= 0.3 is 0 Å². The third-order valence-corrected chi connectivity index (χ3v) is 1.34. The topological polar surface area (TPSA) is 26.3 Å². The zero-order valence-corrected chi connectivity index (χ0v) is 7.82. The monoisotopic (exact) mass is 208 g/mol. The van der Waals surface area contributed by atoms with E-state index in [4.69, 9.17) is 4.74 Å². The summed E-state index contributed by atoms with van der Waals surface area (Å²) in [6, 6.07) is 0. The molecular formula is C7H13BrO2. The van der Waals surface area contributed by atoms with Crippen LogP contribution in [0.2, 0.25) is 0 Å². The van der Waals surface area contributed by atoms with Crippen molar-refractivity contribution >= 4 is 20.6 Å². The van der Waals surface area contributed by atoms with Crippen molar-refractivity contribution in [2.45, 2.75) is 26.2 Å². The summed E-state index contributed by atoms with van der Waals surface area (Å²) in [5.74, 6) is 0. The van der Waals surface area contributed by atoms with Gasteiger partial charge in [-0.15, -0.1) is 0 Å². The zero-order chi connectivity index (χ0) is 7.82. The quantitative estimate of drug-likeness (QED) is 0.494. The average molecular weight is 209 g/mol. The van der Waals surface area contributed by atoms with Crippen molar-refractivity contribution in [1.29, 1.82) is 0 Å². The van der Waals surface area contributed by atoms with Gasteiger partial charge < -0.3 is 4.74 Å². The first-order valence-electron chi connectivity index (χ1n) is 3.53. The summed E-state index contributed by atoms with van der Waals surface area (Å²) in [6.45, 7) is 3.03. The number of unbranched alkanes of at least 4 members (excludes halogenated alkanes) is 2. The van der Waals surface area contributed by atoms with Crippen LogP contribution in [0.3, 0.4) is 0 Å². The zero-order valence-electron chi connectivity index (χ0n) is 6.23. The summed E-state index contributed by atoms with van der Waals surface area (Å²) >= 11 is 2.78. The molecule has 0 saturated carbocycles. The molecule has 0 unspecified atom stereocenters. The molecule has 0 aromatic carbocycles. The van der Waals surface area contributed by atoms with Crippen LogP contribution in [0.5, 0.6) is 0 Å². The maximum atomic E-state index is 10.3. The first-order valence-corrected chi connectivity index (χ1v) is 4.32. The van der Waals surface area contributed by atoms with Gasteiger partial charge in [0.25, 0.3) is 0 Å². The molecule has 0 N–H and O–H groups in total. The molecule has 0 aromatic heterocycles. The van der Waals surface area contributed by atoms with E-state index in [0.29, 0.717) is 6.61 Å². The first kappa shape index (κ1) is 10.1. The Morgan fingerprint density at radius 3 is 2.70 bits per heavy atom. The molecule has 0 atom stereocenters.